The van der Waals surface area contributed by atoms with E-state index in [0.29, 0.717) is 28.8 Å². The molecule has 0 aliphatic carbocycles. The molecule has 1 amide bonds. The molecule has 4 rings (SSSR count). The molecule has 1 aliphatic rings. The number of aromatic nitrogens is 2. The highest BCUT2D eigenvalue weighted by Gasteiger charge is 2.28. The monoisotopic (exact) mass is 410 g/mol. The second kappa shape index (κ2) is 8.25. The predicted octanol–water partition coefficient (Wildman–Crippen LogP) is 4.17. The van der Waals surface area contributed by atoms with Crippen LogP contribution in [0.4, 0.5) is 5.82 Å². The Morgan fingerprint density at radius 1 is 1.28 bits per heavy atom. The first kappa shape index (κ1) is 19.5. The Bertz CT molecular complexity index is 1060. The van der Waals surface area contributed by atoms with Gasteiger partial charge < -0.3 is 15.0 Å². The average molecular weight is 411 g/mol. The van der Waals surface area contributed by atoms with Gasteiger partial charge >= 0.3 is 0 Å². The van der Waals surface area contributed by atoms with Crippen LogP contribution < -0.4 is 10.1 Å². The Hall–Kier alpha value is -2.86. The van der Waals surface area contributed by atoms with E-state index in [1.165, 1.54) is 0 Å². The summed E-state index contributed by atoms with van der Waals surface area (Å²) in [5, 5.41) is 4.00. The van der Waals surface area contributed by atoms with Gasteiger partial charge in [0.15, 0.2) is 0 Å². The molecular weight excluding hydrogens is 388 g/mol. The van der Waals surface area contributed by atoms with E-state index < -0.39 is 0 Å². The van der Waals surface area contributed by atoms with Crippen molar-refractivity contribution in [2.75, 3.05) is 32.1 Å². The van der Waals surface area contributed by atoms with Crippen LogP contribution in [0.3, 0.4) is 0 Å². The second-order valence-corrected chi connectivity index (χ2v) is 7.82. The quantitative estimate of drug-likeness (QED) is 0.683. The zero-order valence-corrected chi connectivity index (χ0v) is 17.2. The lowest BCUT2D eigenvalue weighted by Gasteiger charge is -2.19. The van der Waals surface area contributed by atoms with E-state index in [1.54, 1.807) is 19.4 Å². The number of ether oxygens (including phenoxy) is 1. The number of likely N-dealkylation sites (tertiary alicyclic amines) is 1. The van der Waals surface area contributed by atoms with Gasteiger partial charge in [-0.25, -0.2) is 4.98 Å². The van der Waals surface area contributed by atoms with E-state index in [4.69, 9.17) is 16.3 Å². The van der Waals surface area contributed by atoms with E-state index in [9.17, 15) is 4.79 Å². The summed E-state index contributed by atoms with van der Waals surface area (Å²) in [7, 11) is 1.59. The van der Waals surface area contributed by atoms with Crippen LogP contribution in [-0.4, -0.2) is 47.5 Å². The van der Waals surface area contributed by atoms with Gasteiger partial charge in [0.05, 0.1) is 29.9 Å². The number of halogens is 1. The predicted molar refractivity (Wildman–Crippen MR) is 115 cm³/mol. The maximum atomic E-state index is 13.0. The van der Waals surface area contributed by atoms with Crippen molar-refractivity contribution in [2.45, 2.75) is 13.3 Å². The van der Waals surface area contributed by atoms with Crippen molar-refractivity contribution in [1.82, 2.24) is 14.9 Å². The fraction of sp³-hybridized carbons (Fsp3) is 0.318. The molecule has 1 saturated heterocycles. The molecule has 1 atom stereocenters. The molecule has 0 saturated carbocycles. The van der Waals surface area contributed by atoms with Crippen LogP contribution in [0.2, 0.25) is 5.02 Å². The number of amides is 1. The van der Waals surface area contributed by atoms with Gasteiger partial charge in [0.1, 0.15) is 11.6 Å². The molecule has 2 heterocycles. The zero-order valence-electron chi connectivity index (χ0n) is 16.5. The molecule has 0 radical (unpaired) electrons. The standard InChI is InChI=1S/C22H23ClN4O2/c1-14-3-6-20(29-2)17(9-14)22(28)27-8-7-15(13-27)11-25-21-12-24-19-10-16(23)4-5-18(19)26-21/h3-6,9-10,12,15H,7-8,11,13H2,1-2H3,(H,25,26)/t15-/m1/s1. The average Bonchev–Trinajstić information content (AvgIpc) is 3.20. The zero-order chi connectivity index (χ0) is 20.4. The number of fused-ring (bicyclic) bond motifs is 1. The van der Waals surface area contributed by atoms with Gasteiger partial charge in [-0.1, -0.05) is 23.2 Å². The van der Waals surface area contributed by atoms with E-state index >= 15 is 0 Å². The van der Waals surface area contributed by atoms with Crippen molar-refractivity contribution in [3.05, 3.63) is 58.7 Å². The van der Waals surface area contributed by atoms with E-state index in [0.717, 1.165) is 41.9 Å². The highest BCUT2D eigenvalue weighted by Crippen LogP contribution is 2.25. The van der Waals surface area contributed by atoms with Crippen molar-refractivity contribution < 1.29 is 9.53 Å². The summed E-state index contributed by atoms with van der Waals surface area (Å²) in [6.07, 6.45) is 2.66. The molecule has 1 fully saturated rings. The van der Waals surface area contributed by atoms with Crippen LogP contribution in [0.15, 0.2) is 42.6 Å². The number of rotatable bonds is 5. The first-order chi connectivity index (χ1) is 14.0. The van der Waals surface area contributed by atoms with Crippen molar-refractivity contribution in [2.24, 2.45) is 5.92 Å². The summed E-state index contributed by atoms with van der Waals surface area (Å²) in [5.41, 5.74) is 3.24. The Morgan fingerprint density at radius 3 is 2.97 bits per heavy atom. The largest absolute Gasteiger partial charge is 0.496 e. The Labute approximate surface area is 174 Å². The SMILES string of the molecule is COc1ccc(C)cc1C(=O)N1CC[C@H](CNc2cnc3cc(Cl)ccc3n2)C1. The highest BCUT2D eigenvalue weighted by atomic mass is 35.5. The molecule has 1 aromatic heterocycles. The fourth-order valence-electron chi connectivity index (χ4n) is 3.66. The minimum absolute atomic E-state index is 0.0235. The first-order valence-electron chi connectivity index (χ1n) is 9.63. The summed E-state index contributed by atoms with van der Waals surface area (Å²) in [6.45, 7) is 4.16. The number of anilines is 1. The van der Waals surface area contributed by atoms with Crippen LogP contribution >= 0.6 is 11.6 Å². The molecule has 0 bridgehead atoms. The maximum Gasteiger partial charge on any atom is 0.257 e. The summed E-state index contributed by atoms with van der Waals surface area (Å²) in [6, 6.07) is 11.2. The number of hydrogen-bond donors (Lipinski definition) is 1. The lowest BCUT2D eigenvalue weighted by atomic mass is 10.1. The molecule has 1 N–H and O–H groups in total. The van der Waals surface area contributed by atoms with Gasteiger partial charge in [-0.2, -0.15) is 0 Å². The highest BCUT2D eigenvalue weighted by molar-refractivity contribution is 6.31. The molecule has 29 heavy (non-hydrogen) atoms. The summed E-state index contributed by atoms with van der Waals surface area (Å²) < 4.78 is 5.37. The van der Waals surface area contributed by atoms with Gasteiger partial charge in [-0.05, 0) is 49.6 Å². The van der Waals surface area contributed by atoms with Crippen LogP contribution in [0, 0.1) is 12.8 Å². The van der Waals surface area contributed by atoms with E-state index in [-0.39, 0.29) is 5.91 Å². The van der Waals surface area contributed by atoms with E-state index in [1.807, 2.05) is 42.2 Å². The van der Waals surface area contributed by atoms with Gasteiger partial charge in [-0.15, -0.1) is 0 Å². The fourth-order valence-corrected chi connectivity index (χ4v) is 3.83. The first-order valence-corrected chi connectivity index (χ1v) is 10.0. The lowest BCUT2D eigenvalue weighted by molar-refractivity contribution is 0.0784. The number of nitrogens with zero attached hydrogens (tertiary/aromatic N) is 3. The Balaban J connectivity index is 1.38. The van der Waals surface area contributed by atoms with Crippen LogP contribution in [0.1, 0.15) is 22.3 Å². The molecule has 7 heteroatoms. The van der Waals surface area contributed by atoms with Crippen molar-refractivity contribution in [1.29, 1.82) is 0 Å². The molecule has 6 nitrogen and oxygen atoms in total. The Morgan fingerprint density at radius 2 is 2.14 bits per heavy atom. The second-order valence-electron chi connectivity index (χ2n) is 7.38. The van der Waals surface area contributed by atoms with Crippen LogP contribution in [-0.2, 0) is 0 Å². The molecular formula is C22H23ClN4O2. The minimum Gasteiger partial charge on any atom is -0.496 e. The smallest absolute Gasteiger partial charge is 0.257 e. The number of benzene rings is 2. The van der Waals surface area contributed by atoms with Crippen molar-refractivity contribution in [3.8, 4) is 5.75 Å². The van der Waals surface area contributed by atoms with Gasteiger partial charge in [0.2, 0.25) is 0 Å². The molecule has 3 aromatic rings. The Kier molecular flexibility index (Phi) is 5.53. The van der Waals surface area contributed by atoms with Crippen molar-refractivity contribution in [3.63, 3.8) is 0 Å². The summed E-state index contributed by atoms with van der Waals surface area (Å²) in [5.74, 6) is 1.73. The number of nitrogens with one attached hydrogen (secondary N) is 1. The summed E-state index contributed by atoms with van der Waals surface area (Å²) >= 11 is 5.99. The van der Waals surface area contributed by atoms with Gasteiger partial charge in [0.25, 0.3) is 5.91 Å². The molecule has 150 valence electrons. The molecule has 2 aromatic carbocycles. The van der Waals surface area contributed by atoms with Crippen LogP contribution in [0.5, 0.6) is 5.75 Å². The topological polar surface area (TPSA) is 67.3 Å². The molecule has 0 unspecified atom stereocenters. The third-order valence-corrected chi connectivity index (χ3v) is 5.47. The number of hydrogen-bond acceptors (Lipinski definition) is 5. The molecule has 1 aliphatic heterocycles. The van der Waals surface area contributed by atoms with Crippen molar-refractivity contribution >= 4 is 34.4 Å². The summed E-state index contributed by atoms with van der Waals surface area (Å²) in [4.78, 5) is 23.9. The lowest BCUT2D eigenvalue weighted by Crippen LogP contribution is -2.30. The molecule has 0 spiro atoms. The minimum atomic E-state index is 0.0235. The third kappa shape index (κ3) is 4.27. The van der Waals surface area contributed by atoms with Gasteiger partial charge in [-0.3, -0.25) is 9.78 Å². The number of carbonyl (C=O) groups excluding carboxylic acids is 1. The third-order valence-electron chi connectivity index (χ3n) is 5.23. The number of aryl methyl sites for hydroxylation is 1. The number of methoxy groups -OCH3 is 1. The maximum absolute atomic E-state index is 13.0. The van der Waals surface area contributed by atoms with Crippen LogP contribution in [0.25, 0.3) is 11.0 Å². The van der Waals surface area contributed by atoms with Gasteiger partial charge in [0, 0.05) is 24.7 Å². The van der Waals surface area contributed by atoms with E-state index in [2.05, 4.69) is 15.3 Å². The number of carbonyl (C=O) groups is 1. The normalized spacial score (nSPS) is 16.2.